The molecule has 0 radical (unpaired) electrons. The van der Waals surface area contributed by atoms with Crippen LogP contribution in [0.1, 0.15) is 43.2 Å². The lowest BCUT2D eigenvalue weighted by atomic mass is 9.77. The minimum Gasteiger partial charge on any atom is -0.314 e. The van der Waals surface area contributed by atoms with E-state index in [1.165, 1.54) is 11.1 Å². The lowest BCUT2D eigenvalue weighted by Gasteiger charge is -2.31. The topological polar surface area (TPSA) is 12.0 Å². The zero-order chi connectivity index (χ0) is 13.9. The number of rotatable bonds is 6. The van der Waals surface area contributed by atoms with Crippen LogP contribution in [0.4, 0.5) is 13.2 Å². The van der Waals surface area contributed by atoms with Crippen LogP contribution in [0.15, 0.2) is 24.3 Å². The summed E-state index contributed by atoms with van der Waals surface area (Å²) in [7, 11) is 0. The number of halogens is 3. The fourth-order valence-corrected chi connectivity index (χ4v) is 2.60. The van der Waals surface area contributed by atoms with Gasteiger partial charge in [-0.3, -0.25) is 0 Å². The van der Waals surface area contributed by atoms with E-state index in [0.717, 1.165) is 13.0 Å². The average molecular weight is 271 g/mol. The number of nitrogens with one attached hydrogen (secondary N) is 1. The number of hydrogen-bond acceptors (Lipinski definition) is 1. The molecule has 0 bridgehead atoms. The Bertz CT molecular complexity index is 414. The minimum absolute atomic E-state index is 0.148. The second kappa shape index (κ2) is 5.95. The maximum absolute atomic E-state index is 12.0. The highest BCUT2D eigenvalue weighted by Gasteiger charge is 2.27. The molecule has 2 atom stereocenters. The standard InChI is InChI=1S/C15H20F3N/c1-11(5-4-8-15(16,17)18)19-10-13-9-12-6-2-3-7-14(12)13/h2-3,6-7,11,13,19H,4-5,8-10H2,1H3. The summed E-state index contributed by atoms with van der Waals surface area (Å²) < 4.78 is 36.1. The van der Waals surface area contributed by atoms with E-state index in [0.29, 0.717) is 12.3 Å². The van der Waals surface area contributed by atoms with E-state index in [4.69, 9.17) is 0 Å². The van der Waals surface area contributed by atoms with Gasteiger partial charge in [-0.25, -0.2) is 0 Å². The molecule has 1 aromatic carbocycles. The first kappa shape index (κ1) is 14.4. The second-order valence-corrected chi connectivity index (χ2v) is 5.42. The molecule has 0 aliphatic heterocycles. The van der Waals surface area contributed by atoms with Gasteiger partial charge in [0, 0.05) is 24.9 Å². The maximum Gasteiger partial charge on any atom is 0.389 e. The van der Waals surface area contributed by atoms with E-state index in [-0.39, 0.29) is 12.5 Å². The van der Waals surface area contributed by atoms with Crippen molar-refractivity contribution < 1.29 is 13.2 Å². The van der Waals surface area contributed by atoms with Crippen molar-refractivity contribution in [2.24, 2.45) is 0 Å². The van der Waals surface area contributed by atoms with Gasteiger partial charge in [0.1, 0.15) is 0 Å². The summed E-state index contributed by atoms with van der Waals surface area (Å²) in [5.74, 6) is 0.529. The number of benzene rings is 1. The fraction of sp³-hybridized carbons (Fsp3) is 0.600. The molecule has 0 fully saturated rings. The molecule has 0 saturated carbocycles. The Labute approximate surface area is 112 Å². The van der Waals surface area contributed by atoms with Crippen LogP contribution in [0, 0.1) is 0 Å². The van der Waals surface area contributed by atoms with E-state index < -0.39 is 12.6 Å². The van der Waals surface area contributed by atoms with Gasteiger partial charge in [0.25, 0.3) is 0 Å². The first-order valence-corrected chi connectivity index (χ1v) is 6.83. The van der Waals surface area contributed by atoms with Gasteiger partial charge in [-0.2, -0.15) is 13.2 Å². The maximum atomic E-state index is 12.0. The van der Waals surface area contributed by atoms with Crippen molar-refractivity contribution in [1.82, 2.24) is 5.32 Å². The van der Waals surface area contributed by atoms with Gasteiger partial charge in [-0.15, -0.1) is 0 Å². The highest BCUT2D eigenvalue weighted by Crippen LogP contribution is 2.34. The predicted molar refractivity (Wildman–Crippen MR) is 70.3 cm³/mol. The predicted octanol–water partition coefficient (Wildman–Crippen LogP) is 4.04. The molecule has 0 spiro atoms. The average Bonchev–Trinajstić information content (AvgIpc) is 2.28. The molecule has 0 heterocycles. The minimum atomic E-state index is -4.02. The Morgan fingerprint density at radius 3 is 2.74 bits per heavy atom. The Morgan fingerprint density at radius 2 is 2.05 bits per heavy atom. The molecular weight excluding hydrogens is 251 g/mol. The van der Waals surface area contributed by atoms with Crippen molar-refractivity contribution in [3.05, 3.63) is 35.4 Å². The van der Waals surface area contributed by atoms with Crippen molar-refractivity contribution in [2.45, 2.75) is 50.7 Å². The molecule has 1 N–H and O–H groups in total. The lowest BCUT2D eigenvalue weighted by Crippen LogP contribution is -2.34. The molecule has 1 aliphatic carbocycles. The summed E-state index contributed by atoms with van der Waals surface area (Å²) in [5, 5.41) is 3.34. The SMILES string of the molecule is CC(CCCC(F)(F)F)NCC1Cc2ccccc21. The third-order valence-electron chi connectivity index (χ3n) is 3.77. The van der Waals surface area contributed by atoms with Crippen LogP contribution in [0.5, 0.6) is 0 Å². The van der Waals surface area contributed by atoms with Gasteiger partial charge in [0.15, 0.2) is 0 Å². The molecule has 0 saturated heterocycles. The van der Waals surface area contributed by atoms with E-state index in [2.05, 4.69) is 17.4 Å². The molecule has 2 rings (SSSR count). The smallest absolute Gasteiger partial charge is 0.314 e. The van der Waals surface area contributed by atoms with Gasteiger partial charge in [-0.05, 0) is 37.3 Å². The van der Waals surface area contributed by atoms with Gasteiger partial charge in [-0.1, -0.05) is 24.3 Å². The van der Waals surface area contributed by atoms with Gasteiger partial charge >= 0.3 is 6.18 Å². The second-order valence-electron chi connectivity index (χ2n) is 5.42. The van der Waals surface area contributed by atoms with E-state index >= 15 is 0 Å². The van der Waals surface area contributed by atoms with E-state index in [1.807, 2.05) is 19.1 Å². The molecule has 4 heteroatoms. The Morgan fingerprint density at radius 1 is 1.32 bits per heavy atom. The first-order valence-electron chi connectivity index (χ1n) is 6.83. The Balaban J connectivity index is 1.64. The van der Waals surface area contributed by atoms with Gasteiger partial charge in [0.2, 0.25) is 0 Å². The number of alkyl halides is 3. The van der Waals surface area contributed by atoms with Crippen molar-refractivity contribution in [2.75, 3.05) is 6.54 Å². The van der Waals surface area contributed by atoms with Crippen LogP contribution in [-0.2, 0) is 6.42 Å². The van der Waals surface area contributed by atoms with Crippen molar-refractivity contribution in [1.29, 1.82) is 0 Å². The van der Waals surface area contributed by atoms with E-state index in [1.54, 1.807) is 0 Å². The summed E-state index contributed by atoms with van der Waals surface area (Å²) in [6, 6.07) is 8.51. The molecule has 0 amide bonds. The van der Waals surface area contributed by atoms with Crippen LogP contribution in [0.25, 0.3) is 0 Å². The molecule has 19 heavy (non-hydrogen) atoms. The molecule has 106 valence electrons. The summed E-state index contributed by atoms with van der Waals surface area (Å²) in [5.41, 5.74) is 2.79. The van der Waals surface area contributed by atoms with Crippen molar-refractivity contribution in [3.63, 3.8) is 0 Å². The van der Waals surface area contributed by atoms with Crippen LogP contribution < -0.4 is 5.32 Å². The van der Waals surface area contributed by atoms with Crippen LogP contribution >= 0.6 is 0 Å². The highest BCUT2D eigenvalue weighted by atomic mass is 19.4. The lowest BCUT2D eigenvalue weighted by molar-refractivity contribution is -0.135. The quantitative estimate of drug-likeness (QED) is 0.823. The van der Waals surface area contributed by atoms with E-state index in [9.17, 15) is 13.2 Å². The van der Waals surface area contributed by atoms with Crippen LogP contribution in [0.2, 0.25) is 0 Å². The largest absolute Gasteiger partial charge is 0.389 e. The summed E-state index contributed by atoms with van der Waals surface area (Å²) in [4.78, 5) is 0. The third kappa shape index (κ3) is 4.23. The molecule has 1 aromatic rings. The molecule has 2 unspecified atom stereocenters. The normalized spacial score (nSPS) is 19.7. The zero-order valence-electron chi connectivity index (χ0n) is 11.1. The molecule has 1 aliphatic rings. The molecule has 1 nitrogen and oxygen atoms in total. The third-order valence-corrected chi connectivity index (χ3v) is 3.77. The highest BCUT2D eigenvalue weighted by molar-refractivity contribution is 5.40. The van der Waals surface area contributed by atoms with Gasteiger partial charge < -0.3 is 5.32 Å². The molecular formula is C15H20F3N. The monoisotopic (exact) mass is 271 g/mol. The van der Waals surface area contributed by atoms with Crippen molar-refractivity contribution in [3.8, 4) is 0 Å². The fourth-order valence-electron chi connectivity index (χ4n) is 2.60. The van der Waals surface area contributed by atoms with Gasteiger partial charge in [0.05, 0.1) is 0 Å². The Kier molecular flexibility index (Phi) is 4.50. The zero-order valence-corrected chi connectivity index (χ0v) is 11.1. The summed E-state index contributed by atoms with van der Waals surface area (Å²) in [6.07, 6.45) is -2.83. The summed E-state index contributed by atoms with van der Waals surface area (Å²) in [6.45, 7) is 2.82. The summed E-state index contributed by atoms with van der Waals surface area (Å²) >= 11 is 0. The molecule has 0 aromatic heterocycles. The van der Waals surface area contributed by atoms with Crippen LogP contribution in [0.3, 0.4) is 0 Å². The number of hydrogen-bond donors (Lipinski definition) is 1. The Hall–Kier alpha value is -1.03. The number of fused-ring (bicyclic) bond motifs is 1. The van der Waals surface area contributed by atoms with Crippen molar-refractivity contribution >= 4 is 0 Å². The van der Waals surface area contributed by atoms with Crippen LogP contribution in [-0.4, -0.2) is 18.8 Å². The first-order chi connectivity index (χ1) is 8.96.